The molecule has 5 heteroatoms. The number of hydrogen-bond acceptors (Lipinski definition) is 3. The number of nitrogens with zero attached hydrogens (tertiary/aromatic N) is 2. The number of likely N-dealkylation sites (tertiary alicyclic amines) is 1. The molecule has 3 atom stereocenters. The molecule has 2 amide bonds. The van der Waals surface area contributed by atoms with Crippen LogP contribution in [-0.4, -0.2) is 58.5 Å². The summed E-state index contributed by atoms with van der Waals surface area (Å²) in [7, 11) is 0. The molecular formula is C21H30N2O3. The summed E-state index contributed by atoms with van der Waals surface area (Å²) in [6.45, 7) is 8.20. The van der Waals surface area contributed by atoms with Crippen molar-refractivity contribution in [2.24, 2.45) is 0 Å². The van der Waals surface area contributed by atoms with E-state index in [0.717, 1.165) is 17.5 Å². The number of allylic oxidation sites excluding steroid dienone is 1. The Labute approximate surface area is 156 Å². The highest BCUT2D eigenvalue weighted by molar-refractivity contribution is 5.77. The summed E-state index contributed by atoms with van der Waals surface area (Å²) in [5.74, 6) is -0.0110. The van der Waals surface area contributed by atoms with Crippen LogP contribution in [0.25, 0.3) is 6.08 Å². The van der Waals surface area contributed by atoms with Crippen LogP contribution < -0.4 is 0 Å². The number of carbonyl (C=O) groups is 2. The van der Waals surface area contributed by atoms with Crippen molar-refractivity contribution in [2.75, 3.05) is 19.7 Å². The van der Waals surface area contributed by atoms with Gasteiger partial charge in [-0.3, -0.25) is 9.59 Å². The molecule has 2 rings (SSSR count). The molecule has 0 radical (unpaired) electrons. The second-order valence-electron chi connectivity index (χ2n) is 6.90. The van der Waals surface area contributed by atoms with Crippen LogP contribution >= 0.6 is 0 Å². The van der Waals surface area contributed by atoms with Gasteiger partial charge >= 0.3 is 0 Å². The normalized spacial score (nSPS) is 22.3. The van der Waals surface area contributed by atoms with Gasteiger partial charge < -0.3 is 14.9 Å². The first kappa shape index (κ1) is 20.2. The highest BCUT2D eigenvalue weighted by Crippen LogP contribution is 2.41. The predicted molar refractivity (Wildman–Crippen MR) is 104 cm³/mol. The van der Waals surface area contributed by atoms with E-state index < -0.39 is 0 Å². The van der Waals surface area contributed by atoms with Gasteiger partial charge in [0, 0.05) is 32.9 Å². The zero-order valence-electron chi connectivity index (χ0n) is 16.2. The molecule has 1 aliphatic rings. The highest BCUT2D eigenvalue weighted by Gasteiger charge is 2.50. The highest BCUT2D eigenvalue weighted by atomic mass is 16.3. The lowest BCUT2D eigenvalue weighted by Gasteiger charge is -2.55. The summed E-state index contributed by atoms with van der Waals surface area (Å²) >= 11 is 0. The third kappa shape index (κ3) is 4.15. The number of rotatable bonds is 7. The van der Waals surface area contributed by atoms with Crippen LogP contribution in [0.1, 0.15) is 51.2 Å². The van der Waals surface area contributed by atoms with Gasteiger partial charge in [-0.25, -0.2) is 0 Å². The van der Waals surface area contributed by atoms with Gasteiger partial charge in [-0.15, -0.1) is 0 Å². The van der Waals surface area contributed by atoms with E-state index in [1.807, 2.05) is 38.1 Å². The summed E-state index contributed by atoms with van der Waals surface area (Å²) < 4.78 is 0. The van der Waals surface area contributed by atoms with Gasteiger partial charge in [0.15, 0.2) is 0 Å². The van der Waals surface area contributed by atoms with Crippen LogP contribution in [0.5, 0.6) is 0 Å². The molecule has 0 spiro atoms. The average Bonchev–Trinajstić information content (AvgIpc) is 2.58. The van der Waals surface area contributed by atoms with Gasteiger partial charge in [-0.2, -0.15) is 0 Å². The molecule has 1 fully saturated rings. The Morgan fingerprint density at radius 1 is 1.19 bits per heavy atom. The van der Waals surface area contributed by atoms with Crippen molar-refractivity contribution in [3.05, 3.63) is 41.5 Å². The third-order valence-electron chi connectivity index (χ3n) is 5.12. The maximum absolute atomic E-state index is 12.1. The molecule has 1 aromatic rings. The lowest BCUT2D eigenvalue weighted by Crippen LogP contribution is -2.68. The van der Waals surface area contributed by atoms with E-state index in [9.17, 15) is 14.7 Å². The fourth-order valence-electron chi connectivity index (χ4n) is 3.96. The number of aliphatic hydroxyl groups is 1. The van der Waals surface area contributed by atoms with Crippen LogP contribution in [0.4, 0.5) is 0 Å². The van der Waals surface area contributed by atoms with Crippen LogP contribution in [-0.2, 0) is 9.59 Å². The molecule has 0 aromatic heterocycles. The first-order chi connectivity index (χ1) is 12.4. The Morgan fingerprint density at radius 3 is 2.31 bits per heavy atom. The van der Waals surface area contributed by atoms with Crippen molar-refractivity contribution < 1.29 is 14.7 Å². The molecule has 26 heavy (non-hydrogen) atoms. The van der Waals surface area contributed by atoms with Crippen molar-refractivity contribution in [3.63, 3.8) is 0 Å². The zero-order valence-corrected chi connectivity index (χ0v) is 16.2. The molecule has 1 N–H and O–H groups in total. The summed E-state index contributed by atoms with van der Waals surface area (Å²) in [4.78, 5) is 27.6. The van der Waals surface area contributed by atoms with Crippen molar-refractivity contribution >= 4 is 17.9 Å². The molecule has 1 aliphatic heterocycles. The molecule has 142 valence electrons. The van der Waals surface area contributed by atoms with E-state index in [-0.39, 0.29) is 36.4 Å². The standard InChI is InChI=1S/C21H30N2O3/c1-5-7-17-8-10-18(11-9-17)21-19(13-22(12-6-2)15(3)25)23(16(4)26)20(21)14-24/h5,7-11,19-21,24H,6,12-14H2,1-4H3/b7-5+/t19-,20-,21-/m1/s1. The molecule has 1 aromatic carbocycles. The second-order valence-corrected chi connectivity index (χ2v) is 6.90. The minimum atomic E-state index is -0.236. The van der Waals surface area contributed by atoms with Gasteiger partial charge in [0.1, 0.15) is 0 Å². The maximum Gasteiger partial charge on any atom is 0.220 e. The number of hydrogen-bond donors (Lipinski definition) is 1. The largest absolute Gasteiger partial charge is 0.394 e. The average molecular weight is 358 g/mol. The third-order valence-corrected chi connectivity index (χ3v) is 5.12. The Balaban J connectivity index is 2.30. The zero-order chi connectivity index (χ0) is 19.3. The van der Waals surface area contributed by atoms with E-state index in [1.54, 1.807) is 16.7 Å². The quantitative estimate of drug-likeness (QED) is 0.815. The van der Waals surface area contributed by atoms with Crippen molar-refractivity contribution in [3.8, 4) is 0 Å². The molecule has 0 saturated carbocycles. The van der Waals surface area contributed by atoms with Crippen LogP contribution in [0.2, 0.25) is 0 Å². The second kappa shape index (κ2) is 8.99. The maximum atomic E-state index is 12.1. The molecule has 1 heterocycles. The van der Waals surface area contributed by atoms with Crippen molar-refractivity contribution in [1.82, 2.24) is 9.80 Å². The predicted octanol–water partition coefficient (Wildman–Crippen LogP) is 2.65. The fraction of sp³-hybridized carbons (Fsp3) is 0.524. The fourth-order valence-corrected chi connectivity index (χ4v) is 3.96. The van der Waals surface area contributed by atoms with Crippen molar-refractivity contribution in [2.45, 2.75) is 52.1 Å². The number of benzene rings is 1. The minimum absolute atomic E-state index is 0.0185. The van der Waals surface area contributed by atoms with Crippen LogP contribution in [0.3, 0.4) is 0 Å². The molecule has 0 unspecified atom stereocenters. The Hall–Kier alpha value is -2.14. The lowest BCUT2D eigenvalue weighted by molar-refractivity contribution is -0.152. The first-order valence-corrected chi connectivity index (χ1v) is 9.32. The van der Waals surface area contributed by atoms with Crippen molar-refractivity contribution in [1.29, 1.82) is 0 Å². The molecule has 1 saturated heterocycles. The van der Waals surface area contributed by atoms with Gasteiger partial charge in [-0.05, 0) is 24.5 Å². The van der Waals surface area contributed by atoms with E-state index >= 15 is 0 Å². The summed E-state index contributed by atoms with van der Waals surface area (Å²) in [6, 6.07) is 7.88. The van der Waals surface area contributed by atoms with Gasteiger partial charge in [0.2, 0.25) is 11.8 Å². The monoisotopic (exact) mass is 358 g/mol. The molecule has 0 aliphatic carbocycles. The molecule has 0 bridgehead atoms. The topological polar surface area (TPSA) is 60.9 Å². The van der Waals surface area contributed by atoms with Crippen LogP contribution in [0, 0.1) is 0 Å². The smallest absolute Gasteiger partial charge is 0.220 e. The van der Waals surface area contributed by atoms with E-state index in [0.29, 0.717) is 13.1 Å². The van der Waals surface area contributed by atoms with E-state index in [2.05, 4.69) is 12.1 Å². The van der Waals surface area contributed by atoms with E-state index in [4.69, 9.17) is 0 Å². The van der Waals surface area contributed by atoms with Crippen LogP contribution in [0.15, 0.2) is 30.3 Å². The van der Waals surface area contributed by atoms with Gasteiger partial charge in [-0.1, -0.05) is 43.3 Å². The summed E-state index contributed by atoms with van der Waals surface area (Å²) in [5.41, 5.74) is 2.22. The van der Waals surface area contributed by atoms with Gasteiger partial charge in [0.25, 0.3) is 0 Å². The number of amides is 2. The first-order valence-electron chi connectivity index (χ1n) is 9.32. The summed E-state index contributed by atoms with van der Waals surface area (Å²) in [6.07, 6.45) is 4.90. The molecule has 5 nitrogen and oxygen atoms in total. The molecular weight excluding hydrogens is 328 g/mol. The SMILES string of the molecule is C/C=C/c1ccc([C@H]2[C@@H](CO)N(C(C)=O)[C@@H]2CN(CCC)C(C)=O)cc1. The minimum Gasteiger partial charge on any atom is -0.394 e. The Kier molecular flexibility index (Phi) is 6.98. The summed E-state index contributed by atoms with van der Waals surface area (Å²) in [5, 5.41) is 9.85. The number of carbonyl (C=O) groups excluding carboxylic acids is 2. The Bertz CT molecular complexity index is 654. The van der Waals surface area contributed by atoms with Gasteiger partial charge in [0.05, 0.1) is 18.7 Å². The Morgan fingerprint density at radius 2 is 1.85 bits per heavy atom. The lowest BCUT2D eigenvalue weighted by atomic mass is 9.74. The number of aliphatic hydroxyl groups excluding tert-OH is 1. The van der Waals surface area contributed by atoms with E-state index in [1.165, 1.54) is 6.92 Å².